The minimum absolute atomic E-state index is 0.275. The van der Waals surface area contributed by atoms with Crippen LogP contribution in [0.3, 0.4) is 0 Å². The zero-order valence-corrected chi connectivity index (χ0v) is 12.7. The molecule has 1 aromatic rings. The van der Waals surface area contributed by atoms with Crippen LogP contribution in [0, 0.1) is 5.21 Å². The number of aliphatic hydroxyl groups is 1. The van der Waals surface area contributed by atoms with Crippen LogP contribution in [-0.2, 0) is 0 Å². The lowest BCUT2D eigenvalue weighted by atomic mass is 9.90. The highest BCUT2D eigenvalue weighted by Gasteiger charge is 2.42. The van der Waals surface area contributed by atoms with Crippen LogP contribution in [0.25, 0.3) is 0 Å². The van der Waals surface area contributed by atoms with Crippen molar-refractivity contribution in [3.63, 3.8) is 0 Å². The van der Waals surface area contributed by atoms with E-state index in [-0.39, 0.29) is 6.67 Å². The van der Waals surface area contributed by atoms with Crippen LogP contribution >= 0.6 is 11.3 Å². The van der Waals surface area contributed by atoms with Crippen LogP contribution in [0.5, 0.6) is 0 Å². The molecule has 1 N–H and O–H groups in total. The smallest absolute Gasteiger partial charge is 0.309 e. The molecule has 1 aliphatic heterocycles. The Morgan fingerprint density at radius 2 is 2.10 bits per heavy atom. The lowest BCUT2D eigenvalue weighted by Gasteiger charge is -2.36. The average Bonchev–Trinajstić information content (AvgIpc) is 3.07. The van der Waals surface area contributed by atoms with Crippen molar-refractivity contribution in [1.29, 1.82) is 0 Å². The van der Waals surface area contributed by atoms with E-state index in [1.54, 1.807) is 0 Å². The first-order chi connectivity index (χ1) is 9.63. The van der Waals surface area contributed by atoms with Gasteiger partial charge in [-0.15, -0.1) is 5.10 Å². The monoisotopic (exact) mass is 298 g/mol. The third-order valence-corrected chi connectivity index (χ3v) is 5.67. The summed E-state index contributed by atoms with van der Waals surface area (Å²) >= 11 is 1.40. The fourth-order valence-electron chi connectivity index (χ4n) is 3.12. The minimum atomic E-state index is -0.942. The van der Waals surface area contributed by atoms with E-state index in [0.29, 0.717) is 17.6 Å². The van der Waals surface area contributed by atoms with Crippen molar-refractivity contribution < 1.29 is 5.11 Å². The predicted octanol–water partition coefficient (Wildman–Crippen LogP) is 2.00. The summed E-state index contributed by atoms with van der Waals surface area (Å²) in [5.74, 6) is 0.462. The second-order valence-electron chi connectivity index (χ2n) is 5.85. The number of likely N-dealkylation sites (N-methyl/N-ethyl adjacent to an activating group) is 1. The summed E-state index contributed by atoms with van der Waals surface area (Å²) in [4.78, 5) is 1.96. The van der Waals surface area contributed by atoms with Crippen LogP contribution in [0.2, 0.25) is 0 Å². The van der Waals surface area contributed by atoms with Crippen molar-refractivity contribution >= 4 is 16.5 Å². The highest BCUT2D eigenvalue weighted by molar-refractivity contribution is 7.15. The molecule has 0 radical (unpaired) electrons. The Labute approximate surface area is 123 Å². The van der Waals surface area contributed by atoms with Crippen LogP contribution in [0.15, 0.2) is 0 Å². The molecule has 0 aromatic carbocycles. The Balaban J connectivity index is 1.79. The van der Waals surface area contributed by atoms with E-state index in [9.17, 15) is 10.3 Å². The lowest BCUT2D eigenvalue weighted by Crippen LogP contribution is -2.48. The van der Waals surface area contributed by atoms with Gasteiger partial charge in [0.25, 0.3) is 0 Å². The molecule has 1 saturated heterocycles. The zero-order valence-electron chi connectivity index (χ0n) is 11.9. The minimum Gasteiger partial charge on any atom is -0.623 e. The van der Waals surface area contributed by atoms with Gasteiger partial charge in [0.1, 0.15) is 11.7 Å². The highest BCUT2D eigenvalue weighted by Crippen LogP contribution is 2.39. The average molecular weight is 298 g/mol. The third kappa shape index (κ3) is 2.48. The maximum Gasteiger partial charge on any atom is 0.309 e. The summed E-state index contributed by atoms with van der Waals surface area (Å²) in [6.45, 7) is 3.46. The quantitative estimate of drug-likeness (QED) is 0.682. The van der Waals surface area contributed by atoms with Gasteiger partial charge in [0.15, 0.2) is 0 Å². The Hall–Kier alpha value is -0.600. The van der Waals surface area contributed by atoms with E-state index < -0.39 is 10.9 Å². The van der Waals surface area contributed by atoms with Gasteiger partial charge in [0.2, 0.25) is 6.23 Å². The molecule has 3 rings (SSSR count). The maximum absolute atomic E-state index is 12.9. The van der Waals surface area contributed by atoms with Gasteiger partial charge in [-0.25, -0.2) is 4.90 Å². The van der Waals surface area contributed by atoms with E-state index in [1.807, 2.05) is 11.8 Å². The molecule has 1 aliphatic carbocycles. The standard InChI is InChI=1S/C13H22N4O2S/c1-2-16-8-11(18)17(19,9-16)13-15-14-12(20-13)10-6-4-3-5-7-10/h10-11,18H,2-9H2,1H3. The molecule has 0 amide bonds. The van der Waals surface area contributed by atoms with Crippen molar-refractivity contribution in [2.24, 2.45) is 0 Å². The molecule has 20 heavy (non-hydrogen) atoms. The molecule has 0 bridgehead atoms. The van der Waals surface area contributed by atoms with Crippen molar-refractivity contribution in [2.45, 2.75) is 51.2 Å². The van der Waals surface area contributed by atoms with E-state index in [4.69, 9.17) is 0 Å². The van der Waals surface area contributed by atoms with E-state index in [1.165, 1.54) is 30.6 Å². The number of aliphatic hydroxyl groups excluding tert-OH is 1. The normalized spacial score (nSPS) is 32.9. The van der Waals surface area contributed by atoms with Crippen molar-refractivity contribution in [1.82, 2.24) is 19.7 Å². The Morgan fingerprint density at radius 1 is 1.35 bits per heavy atom. The number of quaternary nitrogens is 1. The fourth-order valence-corrected chi connectivity index (χ4v) is 4.21. The SMILES string of the molecule is CCN1CC(O)[N+]([O-])(c2nnc(C3CCCCC3)s2)C1. The van der Waals surface area contributed by atoms with Crippen LogP contribution < -0.4 is 4.65 Å². The fraction of sp³-hybridized carbons (Fsp3) is 0.846. The molecule has 112 valence electrons. The molecule has 2 heterocycles. The molecule has 2 fully saturated rings. The Kier molecular flexibility index (Phi) is 4.05. The molecule has 2 unspecified atom stereocenters. The maximum atomic E-state index is 12.9. The number of nitrogens with zero attached hydrogens (tertiary/aromatic N) is 4. The molecular formula is C13H22N4O2S. The van der Waals surface area contributed by atoms with Gasteiger partial charge < -0.3 is 10.3 Å². The molecule has 0 spiro atoms. The van der Waals surface area contributed by atoms with Gasteiger partial charge in [-0.05, 0) is 24.2 Å². The van der Waals surface area contributed by atoms with Crippen LogP contribution in [0.1, 0.15) is 50.0 Å². The van der Waals surface area contributed by atoms with Gasteiger partial charge in [0, 0.05) is 12.5 Å². The first kappa shape index (κ1) is 14.3. The second kappa shape index (κ2) is 5.65. The molecule has 7 heteroatoms. The molecule has 6 nitrogen and oxygen atoms in total. The zero-order chi connectivity index (χ0) is 14.2. The number of rotatable bonds is 3. The van der Waals surface area contributed by atoms with Crippen molar-refractivity contribution in [2.75, 3.05) is 19.8 Å². The summed E-state index contributed by atoms with van der Waals surface area (Å²) in [7, 11) is 0. The summed E-state index contributed by atoms with van der Waals surface area (Å²) < 4.78 is -0.752. The number of hydrogen-bond donors (Lipinski definition) is 1. The summed E-state index contributed by atoms with van der Waals surface area (Å²) in [5, 5.41) is 32.7. The third-order valence-electron chi connectivity index (χ3n) is 4.47. The topological polar surface area (TPSA) is 72.3 Å². The van der Waals surface area contributed by atoms with Gasteiger partial charge >= 0.3 is 5.13 Å². The van der Waals surface area contributed by atoms with E-state index >= 15 is 0 Å². The van der Waals surface area contributed by atoms with Crippen LogP contribution in [-0.4, -0.2) is 46.2 Å². The molecular weight excluding hydrogens is 276 g/mol. The summed E-state index contributed by atoms with van der Waals surface area (Å²) in [6, 6.07) is 0. The Morgan fingerprint density at radius 3 is 2.75 bits per heavy atom. The van der Waals surface area contributed by atoms with Crippen molar-refractivity contribution in [3.05, 3.63) is 10.2 Å². The summed E-state index contributed by atoms with van der Waals surface area (Å²) in [6.07, 6.45) is 5.14. The molecule has 1 aromatic heterocycles. The highest BCUT2D eigenvalue weighted by atomic mass is 32.1. The molecule has 2 atom stereocenters. The van der Waals surface area contributed by atoms with Gasteiger partial charge in [0.05, 0.1) is 6.54 Å². The van der Waals surface area contributed by atoms with E-state index in [0.717, 1.165) is 24.4 Å². The first-order valence-electron chi connectivity index (χ1n) is 7.46. The molecule has 1 saturated carbocycles. The number of hydrogen-bond acceptors (Lipinski definition) is 6. The lowest BCUT2D eigenvalue weighted by molar-refractivity contribution is 0.0843. The summed E-state index contributed by atoms with van der Waals surface area (Å²) in [5.41, 5.74) is 0. The Bertz CT molecular complexity index is 463. The number of β-amino-alcohol motifs (C(OH)–C–C–N with tert-alkyl or cyclic N) is 1. The van der Waals surface area contributed by atoms with Crippen molar-refractivity contribution in [3.8, 4) is 0 Å². The van der Waals surface area contributed by atoms with Crippen LogP contribution in [0.4, 0.5) is 5.13 Å². The number of hydroxylamine groups is 2. The van der Waals surface area contributed by atoms with Gasteiger partial charge in [-0.3, -0.25) is 4.65 Å². The largest absolute Gasteiger partial charge is 0.623 e. The van der Waals surface area contributed by atoms with E-state index in [2.05, 4.69) is 10.2 Å². The predicted molar refractivity (Wildman–Crippen MR) is 79.0 cm³/mol. The van der Waals surface area contributed by atoms with Gasteiger partial charge in [-0.1, -0.05) is 31.3 Å². The second-order valence-corrected chi connectivity index (χ2v) is 6.83. The molecule has 2 aliphatic rings. The van der Waals surface area contributed by atoms with Gasteiger partial charge in [-0.2, -0.15) is 0 Å². The number of aromatic nitrogens is 2. The first-order valence-corrected chi connectivity index (χ1v) is 8.28.